The summed E-state index contributed by atoms with van der Waals surface area (Å²) < 4.78 is 5.38. The summed E-state index contributed by atoms with van der Waals surface area (Å²) in [6, 6.07) is 17.4. The molecule has 1 aliphatic heterocycles. The maximum absolute atomic E-state index is 13.3. The number of ketones is 1. The number of Topliss-reactive ketones (excluding diaryl/α,β-unsaturated/α-hetero) is 1. The van der Waals surface area contributed by atoms with Crippen LogP contribution in [0.25, 0.3) is 0 Å². The summed E-state index contributed by atoms with van der Waals surface area (Å²) in [6.07, 6.45) is 1.19. The lowest BCUT2D eigenvalue weighted by Crippen LogP contribution is -2.38. The van der Waals surface area contributed by atoms with Crippen molar-refractivity contribution in [3.05, 3.63) is 82.7 Å². The van der Waals surface area contributed by atoms with Crippen LogP contribution < -0.4 is 16.0 Å². The molecule has 2 aromatic carbocycles. The minimum atomic E-state index is -0.475. The summed E-state index contributed by atoms with van der Waals surface area (Å²) >= 11 is 5.44. The van der Waals surface area contributed by atoms with E-state index in [0.717, 1.165) is 34.8 Å². The molecule has 0 saturated heterocycles. The number of para-hydroxylation sites is 1. The zero-order valence-electron chi connectivity index (χ0n) is 20.5. The predicted octanol–water partition coefficient (Wildman–Crippen LogP) is 5.66. The van der Waals surface area contributed by atoms with E-state index in [1.807, 2.05) is 61.5 Å². The summed E-state index contributed by atoms with van der Waals surface area (Å²) in [5.41, 5.74) is 5.21. The number of anilines is 2. The Bertz CT molecular complexity index is 1210. The SMILES string of the molecule is CCOC(=O)C1=C(C)NC2=C(C(=O)CC(C)(C)C2)C1c1ccc(NC(=S)Nc2ccccc2)cc1. The summed E-state index contributed by atoms with van der Waals surface area (Å²) in [7, 11) is 0. The van der Waals surface area contributed by atoms with Crippen LogP contribution in [-0.2, 0) is 14.3 Å². The second-order valence-electron chi connectivity index (χ2n) is 9.72. The molecule has 0 aromatic heterocycles. The van der Waals surface area contributed by atoms with Gasteiger partial charge in [0, 0.05) is 40.7 Å². The lowest BCUT2D eigenvalue weighted by Gasteiger charge is -2.39. The number of carbonyl (C=O) groups excluding carboxylic acids is 2. The van der Waals surface area contributed by atoms with Crippen LogP contribution in [0.15, 0.2) is 77.1 Å². The fourth-order valence-electron chi connectivity index (χ4n) is 4.82. The first-order chi connectivity index (χ1) is 16.7. The van der Waals surface area contributed by atoms with Crippen LogP contribution in [0.5, 0.6) is 0 Å². The van der Waals surface area contributed by atoms with Gasteiger partial charge in [-0.1, -0.05) is 44.2 Å². The summed E-state index contributed by atoms with van der Waals surface area (Å²) in [5.74, 6) is -0.807. The highest BCUT2D eigenvalue weighted by atomic mass is 32.1. The Morgan fingerprint density at radius 1 is 1.06 bits per heavy atom. The van der Waals surface area contributed by atoms with Gasteiger partial charge in [-0.25, -0.2) is 4.79 Å². The minimum absolute atomic E-state index is 0.0680. The van der Waals surface area contributed by atoms with E-state index >= 15 is 0 Å². The van der Waals surface area contributed by atoms with Gasteiger partial charge in [0.15, 0.2) is 10.9 Å². The van der Waals surface area contributed by atoms with Gasteiger partial charge in [0.2, 0.25) is 0 Å². The van der Waals surface area contributed by atoms with Crippen LogP contribution in [0.4, 0.5) is 11.4 Å². The monoisotopic (exact) mass is 489 g/mol. The molecule has 7 heteroatoms. The number of dihydropyridines is 1. The summed E-state index contributed by atoms with van der Waals surface area (Å²) in [4.78, 5) is 26.3. The van der Waals surface area contributed by atoms with Gasteiger partial charge in [-0.3, -0.25) is 4.79 Å². The van der Waals surface area contributed by atoms with E-state index in [4.69, 9.17) is 17.0 Å². The van der Waals surface area contributed by atoms with Crippen LogP contribution in [0.2, 0.25) is 0 Å². The Morgan fingerprint density at radius 2 is 1.69 bits per heavy atom. The zero-order valence-corrected chi connectivity index (χ0v) is 21.3. The first-order valence-electron chi connectivity index (χ1n) is 11.8. The summed E-state index contributed by atoms with van der Waals surface area (Å²) in [6.45, 7) is 8.11. The minimum Gasteiger partial charge on any atom is -0.463 e. The molecule has 0 amide bonds. The maximum Gasteiger partial charge on any atom is 0.336 e. The molecule has 182 valence electrons. The Morgan fingerprint density at radius 3 is 2.31 bits per heavy atom. The van der Waals surface area contributed by atoms with Gasteiger partial charge < -0.3 is 20.7 Å². The molecule has 0 spiro atoms. The van der Waals surface area contributed by atoms with E-state index in [1.165, 1.54) is 0 Å². The number of carbonyl (C=O) groups is 2. The average Bonchev–Trinajstić information content (AvgIpc) is 2.78. The van der Waals surface area contributed by atoms with Crippen molar-refractivity contribution >= 4 is 40.5 Å². The van der Waals surface area contributed by atoms with Gasteiger partial charge >= 0.3 is 5.97 Å². The quantitative estimate of drug-likeness (QED) is 0.369. The fraction of sp³-hybridized carbons (Fsp3) is 0.321. The van der Waals surface area contributed by atoms with Crippen molar-refractivity contribution in [2.75, 3.05) is 17.2 Å². The third-order valence-electron chi connectivity index (χ3n) is 6.27. The van der Waals surface area contributed by atoms with Crippen molar-refractivity contribution in [1.82, 2.24) is 5.32 Å². The Labute approximate surface area is 211 Å². The van der Waals surface area contributed by atoms with Crippen LogP contribution in [0, 0.1) is 5.41 Å². The van der Waals surface area contributed by atoms with E-state index < -0.39 is 11.9 Å². The van der Waals surface area contributed by atoms with Crippen molar-refractivity contribution in [2.45, 2.75) is 46.5 Å². The number of allylic oxidation sites excluding steroid dienone is 3. The van der Waals surface area contributed by atoms with Crippen molar-refractivity contribution in [2.24, 2.45) is 5.41 Å². The molecule has 0 bridgehead atoms. The summed E-state index contributed by atoms with van der Waals surface area (Å²) in [5, 5.41) is 10.2. The fourth-order valence-corrected chi connectivity index (χ4v) is 5.06. The number of nitrogens with one attached hydrogen (secondary N) is 3. The van der Waals surface area contributed by atoms with Gasteiger partial charge in [-0.05, 0) is 67.7 Å². The number of esters is 1. The Kier molecular flexibility index (Phi) is 7.08. The third-order valence-corrected chi connectivity index (χ3v) is 6.47. The molecular formula is C28H31N3O3S. The smallest absolute Gasteiger partial charge is 0.336 e. The molecule has 6 nitrogen and oxygen atoms in total. The third kappa shape index (κ3) is 5.46. The molecule has 1 atom stereocenters. The highest BCUT2D eigenvalue weighted by Gasteiger charge is 2.43. The topological polar surface area (TPSA) is 79.5 Å². The van der Waals surface area contributed by atoms with Crippen molar-refractivity contribution in [1.29, 1.82) is 0 Å². The van der Waals surface area contributed by atoms with Crippen LogP contribution in [0.1, 0.15) is 52.0 Å². The lowest BCUT2D eigenvalue weighted by atomic mass is 9.68. The average molecular weight is 490 g/mol. The van der Waals surface area contributed by atoms with E-state index in [9.17, 15) is 9.59 Å². The van der Waals surface area contributed by atoms with E-state index in [-0.39, 0.29) is 17.8 Å². The molecule has 0 radical (unpaired) electrons. The van der Waals surface area contributed by atoms with Crippen LogP contribution >= 0.6 is 12.2 Å². The Balaban J connectivity index is 1.64. The second kappa shape index (κ2) is 10.0. The number of benzene rings is 2. The maximum atomic E-state index is 13.3. The molecule has 35 heavy (non-hydrogen) atoms. The molecule has 4 rings (SSSR count). The largest absolute Gasteiger partial charge is 0.463 e. The first-order valence-corrected chi connectivity index (χ1v) is 12.2. The molecular weight excluding hydrogens is 458 g/mol. The van der Waals surface area contributed by atoms with Crippen LogP contribution in [0.3, 0.4) is 0 Å². The predicted molar refractivity (Wildman–Crippen MR) is 143 cm³/mol. The zero-order chi connectivity index (χ0) is 25.2. The molecule has 2 aromatic rings. The number of thiocarbonyl (C=S) groups is 1. The van der Waals surface area contributed by atoms with E-state index in [2.05, 4.69) is 29.8 Å². The van der Waals surface area contributed by atoms with Crippen molar-refractivity contribution in [3.63, 3.8) is 0 Å². The van der Waals surface area contributed by atoms with Gasteiger partial charge in [-0.15, -0.1) is 0 Å². The van der Waals surface area contributed by atoms with Gasteiger partial charge in [-0.2, -0.15) is 0 Å². The molecule has 1 unspecified atom stereocenters. The first kappa shape index (κ1) is 24.7. The van der Waals surface area contributed by atoms with Crippen molar-refractivity contribution in [3.8, 4) is 0 Å². The molecule has 2 aliphatic rings. The van der Waals surface area contributed by atoms with E-state index in [1.54, 1.807) is 6.92 Å². The number of ether oxygens (including phenoxy) is 1. The lowest BCUT2D eigenvalue weighted by molar-refractivity contribution is -0.138. The highest BCUT2D eigenvalue weighted by molar-refractivity contribution is 7.80. The molecule has 1 aliphatic carbocycles. The molecule has 1 heterocycles. The van der Waals surface area contributed by atoms with Crippen molar-refractivity contribution < 1.29 is 14.3 Å². The standard InChI is InChI=1S/C28H31N3O3S/c1-5-34-26(33)23-17(2)29-21-15-28(3,4)16-22(32)25(21)24(23)18-11-13-20(14-12-18)31-27(35)30-19-9-7-6-8-10-19/h6-14,24,29H,5,15-16H2,1-4H3,(H2,30,31,35). The molecule has 3 N–H and O–H groups in total. The second-order valence-corrected chi connectivity index (χ2v) is 10.1. The van der Waals surface area contributed by atoms with Crippen LogP contribution in [-0.4, -0.2) is 23.5 Å². The Hall–Kier alpha value is -3.45. The van der Waals surface area contributed by atoms with Gasteiger partial charge in [0.05, 0.1) is 12.2 Å². The number of rotatable bonds is 5. The molecule has 0 saturated carbocycles. The van der Waals surface area contributed by atoms with Gasteiger partial charge in [0.25, 0.3) is 0 Å². The normalized spacial score (nSPS) is 19.0. The highest BCUT2D eigenvalue weighted by Crippen LogP contribution is 2.46. The number of hydrogen-bond acceptors (Lipinski definition) is 5. The number of hydrogen-bond donors (Lipinski definition) is 3. The van der Waals surface area contributed by atoms with E-state index in [0.29, 0.717) is 22.7 Å². The van der Waals surface area contributed by atoms with Gasteiger partial charge in [0.1, 0.15) is 0 Å². The molecule has 0 fully saturated rings.